The number of hydrogen-bond donors (Lipinski definition) is 2. The summed E-state index contributed by atoms with van der Waals surface area (Å²) in [6.45, 7) is -1.55. The minimum absolute atomic E-state index is 0. The fourth-order valence-corrected chi connectivity index (χ4v) is 2.85. The van der Waals surface area contributed by atoms with Crippen molar-refractivity contribution in [1.82, 2.24) is 10.6 Å². The van der Waals surface area contributed by atoms with Gasteiger partial charge in [-0.3, -0.25) is 4.99 Å². The number of nitrogens with zero attached hydrogens (tertiary/aromatic N) is 1. The molecule has 2 aromatic carbocycles. The van der Waals surface area contributed by atoms with E-state index >= 15 is 0 Å². The fourth-order valence-electron chi connectivity index (χ4n) is 2.85. The summed E-state index contributed by atoms with van der Waals surface area (Å²) in [4.78, 5) is 4.19. The van der Waals surface area contributed by atoms with Crippen molar-refractivity contribution in [3.8, 4) is 23.0 Å². The average Bonchev–Trinajstić information content (AvgIpc) is 3.18. The molecule has 0 amide bonds. The van der Waals surface area contributed by atoms with Crippen molar-refractivity contribution in [1.29, 1.82) is 0 Å². The third-order valence-corrected chi connectivity index (χ3v) is 4.27. The van der Waals surface area contributed by atoms with Crippen molar-refractivity contribution in [2.45, 2.75) is 19.6 Å². The molecule has 1 aliphatic heterocycles. The molecule has 1 aliphatic rings. The van der Waals surface area contributed by atoms with Gasteiger partial charge in [0, 0.05) is 20.1 Å². The molecule has 7 nitrogen and oxygen atoms in total. The topological polar surface area (TPSA) is 73.3 Å². The highest BCUT2D eigenvalue weighted by atomic mass is 127. The Balaban J connectivity index is 0.00000320. The first-order chi connectivity index (χ1) is 14.1. The van der Waals surface area contributed by atoms with Gasteiger partial charge in [0.1, 0.15) is 0 Å². The molecule has 0 fully saturated rings. The maximum atomic E-state index is 12.5. The average molecular weight is 535 g/mol. The second kappa shape index (κ2) is 11.6. The lowest BCUT2D eigenvalue weighted by Crippen LogP contribution is -2.37. The van der Waals surface area contributed by atoms with Gasteiger partial charge in [0.05, 0.1) is 7.11 Å². The molecule has 3 rings (SSSR count). The van der Waals surface area contributed by atoms with Crippen LogP contribution >= 0.6 is 24.0 Å². The molecular weight excluding hydrogens is 511 g/mol. The Hall–Kier alpha value is -2.50. The van der Waals surface area contributed by atoms with Crippen molar-refractivity contribution in [2.24, 2.45) is 4.99 Å². The fraction of sp³-hybridized carbons (Fsp3) is 0.350. The van der Waals surface area contributed by atoms with Gasteiger partial charge in [-0.25, -0.2) is 0 Å². The van der Waals surface area contributed by atoms with Gasteiger partial charge >= 0.3 is 6.61 Å². The number of fused-ring (bicyclic) bond motifs is 1. The molecule has 2 aromatic rings. The van der Waals surface area contributed by atoms with Crippen molar-refractivity contribution in [3.05, 3.63) is 47.5 Å². The van der Waals surface area contributed by atoms with Crippen LogP contribution in [0.1, 0.15) is 11.1 Å². The summed E-state index contributed by atoms with van der Waals surface area (Å²) in [5.74, 6) is 2.38. The predicted molar refractivity (Wildman–Crippen MR) is 120 cm³/mol. The lowest BCUT2D eigenvalue weighted by atomic mass is 10.1. The van der Waals surface area contributed by atoms with Crippen LogP contribution in [0.3, 0.4) is 0 Å². The molecule has 0 unspecified atom stereocenters. The summed E-state index contributed by atoms with van der Waals surface area (Å²) in [7, 11) is 3.08. The number of rotatable bonds is 8. The van der Waals surface area contributed by atoms with Gasteiger partial charge in [-0.15, -0.1) is 24.0 Å². The third-order valence-electron chi connectivity index (χ3n) is 4.27. The molecule has 1 heterocycles. The standard InChI is InChI=1S/C20H23F2N3O4.HI/c1-23-20(25-11-14-4-6-16-17(10-14)28-12-27-16)24-8-7-13-3-5-15(26-2)18(9-13)29-19(21)22;/h3-6,9-10,19H,7-8,11-12H2,1-2H3,(H2,23,24,25);1H. The smallest absolute Gasteiger partial charge is 0.387 e. The first kappa shape index (κ1) is 23.8. The van der Waals surface area contributed by atoms with E-state index in [2.05, 4.69) is 20.4 Å². The van der Waals surface area contributed by atoms with E-state index in [1.54, 1.807) is 19.2 Å². The summed E-state index contributed by atoms with van der Waals surface area (Å²) in [5, 5.41) is 6.41. The van der Waals surface area contributed by atoms with Crippen molar-refractivity contribution in [3.63, 3.8) is 0 Å². The first-order valence-corrected chi connectivity index (χ1v) is 9.04. The highest BCUT2D eigenvalue weighted by molar-refractivity contribution is 14.0. The van der Waals surface area contributed by atoms with Crippen LogP contribution in [0.2, 0.25) is 0 Å². The Morgan fingerprint density at radius 3 is 2.57 bits per heavy atom. The Morgan fingerprint density at radius 1 is 1.07 bits per heavy atom. The Morgan fingerprint density at radius 2 is 1.83 bits per heavy atom. The summed E-state index contributed by atoms with van der Waals surface area (Å²) in [6.07, 6.45) is 0.592. The zero-order valence-corrected chi connectivity index (χ0v) is 18.9. The van der Waals surface area contributed by atoms with Gasteiger partial charge in [0.2, 0.25) is 6.79 Å². The number of halogens is 3. The number of aliphatic imine (C=N–C) groups is 1. The monoisotopic (exact) mass is 535 g/mol. The summed E-state index contributed by atoms with van der Waals surface area (Å²) >= 11 is 0. The summed E-state index contributed by atoms with van der Waals surface area (Å²) in [6, 6.07) is 10.7. The van der Waals surface area contributed by atoms with E-state index in [1.165, 1.54) is 7.11 Å². The van der Waals surface area contributed by atoms with E-state index in [0.29, 0.717) is 25.5 Å². The second-order valence-corrected chi connectivity index (χ2v) is 6.15. The number of hydrogen-bond acceptors (Lipinski definition) is 5. The molecule has 0 saturated heterocycles. The van der Waals surface area contributed by atoms with Crippen molar-refractivity contribution >= 4 is 29.9 Å². The quantitative estimate of drug-likeness (QED) is 0.306. The normalized spacial score (nSPS) is 12.4. The van der Waals surface area contributed by atoms with E-state index < -0.39 is 6.61 Å². The number of methoxy groups -OCH3 is 1. The molecule has 0 aromatic heterocycles. The van der Waals surface area contributed by atoms with Gasteiger partial charge in [-0.2, -0.15) is 8.78 Å². The molecular formula is C20H24F2IN3O4. The molecule has 0 saturated carbocycles. The lowest BCUT2D eigenvalue weighted by molar-refractivity contribution is -0.0512. The zero-order chi connectivity index (χ0) is 20.6. The predicted octanol–water partition coefficient (Wildman–Crippen LogP) is 3.55. The second-order valence-electron chi connectivity index (χ2n) is 6.15. The number of nitrogens with one attached hydrogen (secondary N) is 2. The van der Waals surface area contributed by atoms with Gasteiger partial charge in [0.25, 0.3) is 0 Å². The molecule has 0 spiro atoms. The molecule has 164 valence electrons. The van der Waals surface area contributed by atoms with Crippen LogP contribution in [0.25, 0.3) is 0 Å². The minimum Gasteiger partial charge on any atom is -0.493 e. The van der Waals surface area contributed by atoms with E-state index in [4.69, 9.17) is 14.2 Å². The number of ether oxygens (including phenoxy) is 4. The van der Waals surface area contributed by atoms with Crippen molar-refractivity contribution < 1.29 is 27.7 Å². The number of alkyl halides is 2. The zero-order valence-electron chi connectivity index (χ0n) is 16.6. The van der Waals surface area contributed by atoms with Gasteiger partial charge in [-0.05, 0) is 41.8 Å². The maximum absolute atomic E-state index is 12.5. The number of benzene rings is 2. The van der Waals surface area contributed by atoms with Gasteiger partial charge < -0.3 is 29.6 Å². The first-order valence-electron chi connectivity index (χ1n) is 9.04. The molecule has 0 radical (unpaired) electrons. The van der Waals surface area contributed by atoms with Crippen LogP contribution in [0, 0.1) is 0 Å². The van der Waals surface area contributed by atoms with Gasteiger partial charge in [0.15, 0.2) is 29.0 Å². The van der Waals surface area contributed by atoms with Crippen LogP contribution in [0.15, 0.2) is 41.4 Å². The van der Waals surface area contributed by atoms with E-state index in [1.807, 2.05) is 24.3 Å². The third kappa shape index (κ3) is 6.51. The minimum atomic E-state index is -2.91. The van der Waals surface area contributed by atoms with Crippen LogP contribution < -0.4 is 29.6 Å². The summed E-state index contributed by atoms with van der Waals surface area (Å²) < 4.78 is 45.3. The molecule has 0 bridgehead atoms. The Labute approximate surface area is 190 Å². The van der Waals surface area contributed by atoms with Crippen LogP contribution in [0.4, 0.5) is 8.78 Å². The van der Waals surface area contributed by atoms with E-state index in [-0.39, 0.29) is 42.3 Å². The number of guanidine groups is 1. The molecule has 30 heavy (non-hydrogen) atoms. The lowest BCUT2D eigenvalue weighted by Gasteiger charge is -2.14. The van der Waals surface area contributed by atoms with E-state index in [0.717, 1.165) is 22.6 Å². The molecule has 0 atom stereocenters. The highest BCUT2D eigenvalue weighted by Crippen LogP contribution is 2.32. The van der Waals surface area contributed by atoms with Crippen LogP contribution in [0.5, 0.6) is 23.0 Å². The van der Waals surface area contributed by atoms with Crippen LogP contribution in [-0.4, -0.2) is 40.1 Å². The maximum Gasteiger partial charge on any atom is 0.387 e. The Bertz CT molecular complexity index is 868. The van der Waals surface area contributed by atoms with E-state index in [9.17, 15) is 8.78 Å². The largest absolute Gasteiger partial charge is 0.493 e. The van der Waals surface area contributed by atoms with Crippen LogP contribution in [-0.2, 0) is 13.0 Å². The highest BCUT2D eigenvalue weighted by Gasteiger charge is 2.13. The van der Waals surface area contributed by atoms with Crippen molar-refractivity contribution in [2.75, 3.05) is 27.5 Å². The molecule has 0 aliphatic carbocycles. The molecule has 10 heteroatoms. The molecule has 2 N–H and O–H groups in total. The SMILES string of the molecule is CN=C(NCCc1ccc(OC)c(OC(F)F)c1)NCc1ccc2c(c1)OCO2.I. The summed E-state index contributed by atoms with van der Waals surface area (Å²) in [5.41, 5.74) is 1.86. The van der Waals surface area contributed by atoms with Gasteiger partial charge in [-0.1, -0.05) is 12.1 Å². The Kier molecular flexibility index (Phi) is 9.21.